The molecule has 0 aliphatic carbocycles. The normalized spacial score (nSPS) is 11.4. The van der Waals surface area contributed by atoms with Crippen LogP contribution in [0.15, 0.2) is 35.8 Å². The number of methoxy groups -OCH3 is 1. The number of nitrogens with zero attached hydrogens (tertiary/aromatic N) is 2. The highest BCUT2D eigenvalue weighted by Gasteiger charge is 2.35. The molecule has 3 rings (SSSR count). The first-order valence-electron chi connectivity index (χ1n) is 7.75. The number of esters is 1. The summed E-state index contributed by atoms with van der Waals surface area (Å²) in [5.41, 5.74) is -0.0800. The standard InChI is InChI=1S/C17H14F3N3O3S/c1-25-12-4-2-10(3-5-12)15-22-13(9-27-15)16(24)26-7-6-11-8-21-23-14(11)17(18,19)20/h2-5,8-9H,6-7H2,1H3,(H,21,23). The molecule has 0 atom stereocenters. The van der Waals surface area contributed by atoms with Crippen molar-refractivity contribution in [2.45, 2.75) is 12.6 Å². The fourth-order valence-corrected chi connectivity index (χ4v) is 3.10. The molecule has 0 radical (unpaired) electrons. The number of H-pyrrole nitrogens is 1. The van der Waals surface area contributed by atoms with E-state index < -0.39 is 17.8 Å². The van der Waals surface area contributed by atoms with Gasteiger partial charge in [0.1, 0.15) is 16.5 Å². The van der Waals surface area contributed by atoms with Crippen molar-refractivity contribution in [2.75, 3.05) is 13.7 Å². The van der Waals surface area contributed by atoms with Gasteiger partial charge in [-0.05, 0) is 24.3 Å². The summed E-state index contributed by atoms with van der Waals surface area (Å²) in [5, 5.41) is 7.47. The zero-order valence-electron chi connectivity index (χ0n) is 14.0. The monoisotopic (exact) mass is 397 g/mol. The van der Waals surface area contributed by atoms with E-state index in [0.717, 1.165) is 11.8 Å². The summed E-state index contributed by atoms with van der Waals surface area (Å²) in [6.07, 6.45) is -3.56. The molecule has 3 aromatic rings. The molecule has 0 fully saturated rings. The van der Waals surface area contributed by atoms with E-state index in [1.165, 1.54) is 11.3 Å². The molecule has 2 heterocycles. The van der Waals surface area contributed by atoms with Gasteiger partial charge in [0.2, 0.25) is 0 Å². The van der Waals surface area contributed by atoms with Crippen LogP contribution in [0.25, 0.3) is 10.6 Å². The van der Waals surface area contributed by atoms with Gasteiger partial charge < -0.3 is 9.47 Å². The Morgan fingerprint density at radius 3 is 2.67 bits per heavy atom. The van der Waals surface area contributed by atoms with Crippen LogP contribution in [0.2, 0.25) is 0 Å². The van der Waals surface area contributed by atoms with E-state index in [2.05, 4.69) is 10.1 Å². The van der Waals surface area contributed by atoms with E-state index in [0.29, 0.717) is 10.8 Å². The molecule has 0 spiro atoms. The number of hydrogen-bond acceptors (Lipinski definition) is 6. The van der Waals surface area contributed by atoms with Crippen LogP contribution in [-0.2, 0) is 17.3 Å². The number of nitrogens with one attached hydrogen (secondary N) is 1. The summed E-state index contributed by atoms with van der Waals surface area (Å²) in [4.78, 5) is 16.3. The molecule has 1 aromatic carbocycles. The highest BCUT2D eigenvalue weighted by atomic mass is 32.1. The van der Waals surface area contributed by atoms with Gasteiger partial charge in [-0.25, -0.2) is 9.78 Å². The fourth-order valence-electron chi connectivity index (χ4n) is 2.31. The second-order valence-corrected chi connectivity index (χ2v) is 6.28. The number of aromatic nitrogens is 3. The lowest BCUT2D eigenvalue weighted by atomic mass is 10.2. The van der Waals surface area contributed by atoms with Crippen LogP contribution in [0.4, 0.5) is 13.2 Å². The van der Waals surface area contributed by atoms with Gasteiger partial charge in [0.15, 0.2) is 5.69 Å². The number of rotatable bonds is 6. The van der Waals surface area contributed by atoms with Crippen LogP contribution in [0.5, 0.6) is 5.75 Å². The third-order valence-electron chi connectivity index (χ3n) is 3.66. The van der Waals surface area contributed by atoms with Crippen LogP contribution >= 0.6 is 11.3 Å². The molecule has 0 amide bonds. The van der Waals surface area contributed by atoms with E-state index in [4.69, 9.17) is 9.47 Å². The van der Waals surface area contributed by atoms with Gasteiger partial charge >= 0.3 is 12.1 Å². The Hall–Kier alpha value is -2.88. The Kier molecular flexibility index (Phi) is 5.45. The van der Waals surface area contributed by atoms with Gasteiger partial charge in [-0.15, -0.1) is 11.3 Å². The van der Waals surface area contributed by atoms with Gasteiger partial charge in [0, 0.05) is 22.9 Å². The van der Waals surface area contributed by atoms with Gasteiger partial charge in [0.05, 0.1) is 19.9 Å². The number of alkyl halides is 3. The fraction of sp³-hybridized carbons (Fsp3) is 0.235. The minimum Gasteiger partial charge on any atom is -0.497 e. The van der Waals surface area contributed by atoms with Crippen LogP contribution in [-0.4, -0.2) is 34.9 Å². The van der Waals surface area contributed by atoms with E-state index in [1.54, 1.807) is 24.6 Å². The molecular formula is C17H14F3N3O3S. The van der Waals surface area contributed by atoms with Gasteiger partial charge in [-0.3, -0.25) is 5.10 Å². The molecule has 0 unspecified atom stereocenters. The molecule has 0 aliphatic rings. The summed E-state index contributed by atoms with van der Waals surface area (Å²) in [6, 6.07) is 7.17. The molecule has 0 saturated carbocycles. The predicted molar refractivity (Wildman–Crippen MR) is 91.7 cm³/mol. The average Bonchev–Trinajstić information content (AvgIpc) is 3.31. The first kappa shape index (κ1) is 18.9. The van der Waals surface area contributed by atoms with Crippen molar-refractivity contribution in [1.29, 1.82) is 0 Å². The molecule has 0 saturated heterocycles. The lowest BCUT2D eigenvalue weighted by molar-refractivity contribution is -0.141. The number of carbonyl (C=O) groups is 1. The molecular weight excluding hydrogens is 383 g/mol. The third-order valence-corrected chi connectivity index (χ3v) is 4.55. The first-order chi connectivity index (χ1) is 12.9. The number of halogens is 3. The number of benzene rings is 1. The molecule has 0 bridgehead atoms. The number of ether oxygens (including phenoxy) is 2. The average molecular weight is 397 g/mol. The molecule has 27 heavy (non-hydrogen) atoms. The zero-order chi connectivity index (χ0) is 19.4. The Labute approximate surface area is 156 Å². The summed E-state index contributed by atoms with van der Waals surface area (Å²) in [5.74, 6) is 0.00970. The predicted octanol–water partition coefficient (Wildman–Crippen LogP) is 3.96. The Balaban J connectivity index is 1.59. The van der Waals surface area contributed by atoms with Crippen molar-refractivity contribution in [2.24, 2.45) is 0 Å². The smallest absolute Gasteiger partial charge is 0.433 e. The second-order valence-electron chi connectivity index (χ2n) is 5.42. The summed E-state index contributed by atoms with van der Waals surface area (Å²) >= 11 is 1.26. The Morgan fingerprint density at radius 2 is 2.00 bits per heavy atom. The minimum atomic E-state index is -4.53. The van der Waals surface area contributed by atoms with Crippen molar-refractivity contribution in [3.63, 3.8) is 0 Å². The van der Waals surface area contributed by atoms with E-state index >= 15 is 0 Å². The van der Waals surface area contributed by atoms with Crippen molar-refractivity contribution < 1.29 is 27.4 Å². The van der Waals surface area contributed by atoms with Crippen LogP contribution in [0.3, 0.4) is 0 Å². The van der Waals surface area contributed by atoms with Crippen molar-refractivity contribution >= 4 is 17.3 Å². The van der Waals surface area contributed by atoms with Crippen molar-refractivity contribution in [3.05, 3.63) is 52.8 Å². The summed E-state index contributed by atoms with van der Waals surface area (Å²) in [7, 11) is 1.56. The lowest BCUT2D eigenvalue weighted by Crippen LogP contribution is -2.12. The number of thiazole rings is 1. The summed E-state index contributed by atoms with van der Waals surface area (Å²) in [6.45, 7) is -0.211. The molecule has 2 aromatic heterocycles. The van der Waals surface area contributed by atoms with Crippen molar-refractivity contribution in [3.8, 4) is 16.3 Å². The number of aromatic amines is 1. The molecule has 142 valence electrons. The first-order valence-corrected chi connectivity index (χ1v) is 8.63. The Bertz CT molecular complexity index is 919. The third kappa shape index (κ3) is 4.45. The summed E-state index contributed by atoms with van der Waals surface area (Å²) < 4.78 is 48.4. The molecule has 10 heteroatoms. The second kappa shape index (κ2) is 7.78. The van der Waals surface area contributed by atoms with Gasteiger partial charge in [-0.1, -0.05) is 0 Å². The highest BCUT2D eigenvalue weighted by Crippen LogP contribution is 2.30. The van der Waals surface area contributed by atoms with Crippen LogP contribution < -0.4 is 4.74 Å². The highest BCUT2D eigenvalue weighted by molar-refractivity contribution is 7.13. The molecule has 0 aliphatic heterocycles. The molecule has 1 N–H and O–H groups in total. The lowest BCUT2D eigenvalue weighted by Gasteiger charge is -2.07. The SMILES string of the molecule is COc1ccc(-c2nc(C(=O)OCCc3cn[nH]c3C(F)(F)F)cs2)cc1. The van der Waals surface area contributed by atoms with E-state index in [-0.39, 0.29) is 24.3 Å². The van der Waals surface area contributed by atoms with Gasteiger partial charge in [0.25, 0.3) is 0 Å². The largest absolute Gasteiger partial charge is 0.497 e. The quantitative estimate of drug-likeness (QED) is 0.637. The van der Waals surface area contributed by atoms with Crippen LogP contribution in [0, 0.1) is 0 Å². The number of hydrogen-bond donors (Lipinski definition) is 1. The Morgan fingerprint density at radius 1 is 1.26 bits per heavy atom. The minimum absolute atomic E-state index is 0.0625. The zero-order valence-corrected chi connectivity index (χ0v) is 14.9. The van der Waals surface area contributed by atoms with Crippen molar-refractivity contribution in [1.82, 2.24) is 15.2 Å². The maximum absolute atomic E-state index is 12.7. The maximum Gasteiger partial charge on any atom is 0.433 e. The number of carbonyl (C=O) groups excluding carboxylic acids is 1. The topological polar surface area (TPSA) is 77.1 Å². The van der Waals surface area contributed by atoms with E-state index in [1.807, 2.05) is 17.2 Å². The maximum atomic E-state index is 12.7. The van der Waals surface area contributed by atoms with Gasteiger partial charge in [-0.2, -0.15) is 18.3 Å². The molecule has 6 nitrogen and oxygen atoms in total. The van der Waals surface area contributed by atoms with E-state index in [9.17, 15) is 18.0 Å². The van der Waals surface area contributed by atoms with Crippen LogP contribution in [0.1, 0.15) is 21.7 Å².